The van der Waals surface area contributed by atoms with Crippen molar-refractivity contribution in [1.82, 2.24) is 0 Å². The number of hydrogen-bond acceptors (Lipinski definition) is 4. The SMILES string of the molecule is COc1ccc(/C=C/C(=O)N2CCOc3ccccc32)c(OC)c1. The lowest BCUT2D eigenvalue weighted by Gasteiger charge is -2.28. The summed E-state index contributed by atoms with van der Waals surface area (Å²) in [5, 5.41) is 0. The number of nitrogens with zero attached hydrogens (tertiary/aromatic N) is 1. The number of methoxy groups -OCH3 is 2. The van der Waals surface area contributed by atoms with Crippen molar-refractivity contribution in [3.63, 3.8) is 0 Å². The Morgan fingerprint density at radius 1 is 1.17 bits per heavy atom. The van der Waals surface area contributed by atoms with Crippen LogP contribution in [0.25, 0.3) is 6.08 Å². The normalized spacial score (nSPS) is 13.3. The highest BCUT2D eigenvalue weighted by molar-refractivity contribution is 6.05. The number of carbonyl (C=O) groups is 1. The molecule has 0 atom stereocenters. The van der Waals surface area contributed by atoms with Gasteiger partial charge in [-0.15, -0.1) is 0 Å². The molecule has 0 unspecified atom stereocenters. The standard InChI is InChI=1S/C19H19NO4/c1-22-15-9-7-14(18(13-15)23-2)8-10-19(21)20-11-12-24-17-6-4-3-5-16(17)20/h3-10,13H,11-12H2,1-2H3/b10-8+. The summed E-state index contributed by atoms with van der Waals surface area (Å²) < 4.78 is 16.1. The van der Waals surface area contributed by atoms with Crippen molar-refractivity contribution in [2.75, 3.05) is 32.3 Å². The lowest BCUT2D eigenvalue weighted by Crippen LogP contribution is -2.36. The van der Waals surface area contributed by atoms with Gasteiger partial charge in [-0.1, -0.05) is 12.1 Å². The Balaban J connectivity index is 1.82. The number of hydrogen-bond donors (Lipinski definition) is 0. The Morgan fingerprint density at radius 3 is 2.79 bits per heavy atom. The summed E-state index contributed by atoms with van der Waals surface area (Å²) in [5.41, 5.74) is 1.60. The summed E-state index contributed by atoms with van der Waals surface area (Å²) in [6.45, 7) is 1.02. The summed E-state index contributed by atoms with van der Waals surface area (Å²) in [5.74, 6) is 1.99. The molecule has 0 fully saturated rings. The molecule has 1 heterocycles. The molecule has 24 heavy (non-hydrogen) atoms. The Morgan fingerprint density at radius 2 is 2.00 bits per heavy atom. The molecule has 0 bridgehead atoms. The largest absolute Gasteiger partial charge is 0.497 e. The first-order valence-electron chi connectivity index (χ1n) is 7.66. The van der Waals surface area contributed by atoms with E-state index >= 15 is 0 Å². The van der Waals surface area contributed by atoms with Crippen LogP contribution in [0.1, 0.15) is 5.56 Å². The second-order valence-electron chi connectivity index (χ2n) is 5.25. The van der Waals surface area contributed by atoms with E-state index in [0.717, 1.165) is 17.0 Å². The van der Waals surface area contributed by atoms with Gasteiger partial charge in [0.05, 0.1) is 26.5 Å². The fourth-order valence-corrected chi connectivity index (χ4v) is 2.61. The topological polar surface area (TPSA) is 48.0 Å². The van der Waals surface area contributed by atoms with Crippen LogP contribution in [0, 0.1) is 0 Å². The van der Waals surface area contributed by atoms with E-state index in [1.165, 1.54) is 0 Å². The van der Waals surface area contributed by atoms with Crippen LogP contribution in [0.4, 0.5) is 5.69 Å². The highest BCUT2D eigenvalue weighted by Gasteiger charge is 2.21. The molecule has 0 spiro atoms. The number of rotatable bonds is 4. The molecule has 5 heteroatoms. The van der Waals surface area contributed by atoms with Gasteiger partial charge in [0.2, 0.25) is 0 Å². The minimum Gasteiger partial charge on any atom is -0.497 e. The molecule has 1 amide bonds. The molecule has 3 rings (SSSR count). The van der Waals surface area contributed by atoms with E-state index in [1.54, 1.807) is 37.3 Å². The zero-order valence-electron chi connectivity index (χ0n) is 13.7. The maximum absolute atomic E-state index is 12.6. The predicted molar refractivity (Wildman–Crippen MR) is 92.9 cm³/mol. The highest BCUT2D eigenvalue weighted by Crippen LogP contribution is 2.31. The first kappa shape index (κ1) is 15.9. The van der Waals surface area contributed by atoms with Crippen LogP contribution in [0.3, 0.4) is 0 Å². The minimum atomic E-state index is -0.0939. The first-order valence-corrected chi connectivity index (χ1v) is 7.66. The molecule has 0 saturated heterocycles. The number of para-hydroxylation sites is 2. The van der Waals surface area contributed by atoms with Crippen LogP contribution in [-0.4, -0.2) is 33.3 Å². The maximum atomic E-state index is 12.6. The van der Waals surface area contributed by atoms with E-state index in [1.807, 2.05) is 36.4 Å². The van der Waals surface area contributed by atoms with Gasteiger partial charge in [-0.2, -0.15) is 0 Å². The Hall–Kier alpha value is -2.95. The molecule has 0 aromatic heterocycles. The second-order valence-corrected chi connectivity index (χ2v) is 5.25. The molecule has 0 saturated carbocycles. The molecule has 124 valence electrons. The number of anilines is 1. The zero-order valence-corrected chi connectivity index (χ0v) is 13.7. The Kier molecular flexibility index (Phi) is 4.70. The van der Waals surface area contributed by atoms with Crippen molar-refractivity contribution in [1.29, 1.82) is 0 Å². The fourth-order valence-electron chi connectivity index (χ4n) is 2.61. The molecule has 0 N–H and O–H groups in total. The third kappa shape index (κ3) is 3.20. The molecule has 5 nitrogen and oxygen atoms in total. The van der Waals surface area contributed by atoms with E-state index in [-0.39, 0.29) is 5.91 Å². The van der Waals surface area contributed by atoms with Crippen LogP contribution in [-0.2, 0) is 4.79 Å². The summed E-state index contributed by atoms with van der Waals surface area (Å²) in [4.78, 5) is 14.3. The van der Waals surface area contributed by atoms with Crippen LogP contribution in [0.2, 0.25) is 0 Å². The highest BCUT2D eigenvalue weighted by atomic mass is 16.5. The van der Waals surface area contributed by atoms with Gasteiger partial charge in [-0.05, 0) is 30.3 Å². The number of carbonyl (C=O) groups excluding carboxylic acids is 1. The first-order chi connectivity index (χ1) is 11.7. The summed E-state index contributed by atoms with van der Waals surface area (Å²) in [6.07, 6.45) is 3.30. The summed E-state index contributed by atoms with van der Waals surface area (Å²) in [7, 11) is 3.19. The fraction of sp³-hybridized carbons (Fsp3) is 0.211. The zero-order chi connectivity index (χ0) is 16.9. The van der Waals surface area contributed by atoms with E-state index in [2.05, 4.69) is 0 Å². The Labute approximate surface area is 141 Å². The van der Waals surface area contributed by atoms with E-state index in [0.29, 0.717) is 24.7 Å². The van der Waals surface area contributed by atoms with Gasteiger partial charge >= 0.3 is 0 Å². The van der Waals surface area contributed by atoms with Gasteiger partial charge < -0.3 is 19.1 Å². The van der Waals surface area contributed by atoms with Gasteiger partial charge in [0, 0.05) is 17.7 Å². The van der Waals surface area contributed by atoms with Crippen LogP contribution in [0.5, 0.6) is 17.2 Å². The quantitative estimate of drug-likeness (QED) is 0.810. The van der Waals surface area contributed by atoms with Crippen molar-refractivity contribution in [3.8, 4) is 17.2 Å². The molecule has 2 aromatic rings. The average Bonchev–Trinajstić information content (AvgIpc) is 2.65. The average molecular weight is 325 g/mol. The summed E-state index contributed by atoms with van der Waals surface area (Å²) in [6, 6.07) is 13.0. The summed E-state index contributed by atoms with van der Waals surface area (Å²) >= 11 is 0. The lowest BCUT2D eigenvalue weighted by molar-refractivity contribution is -0.114. The molecule has 2 aromatic carbocycles. The predicted octanol–water partition coefficient (Wildman–Crippen LogP) is 3.14. The molecule has 1 aliphatic rings. The molecular formula is C19H19NO4. The van der Waals surface area contributed by atoms with Gasteiger partial charge in [0.25, 0.3) is 5.91 Å². The second kappa shape index (κ2) is 7.08. The monoisotopic (exact) mass is 325 g/mol. The van der Waals surface area contributed by atoms with Crippen molar-refractivity contribution < 1.29 is 19.0 Å². The number of benzene rings is 2. The van der Waals surface area contributed by atoms with Crippen molar-refractivity contribution in [2.45, 2.75) is 0 Å². The van der Waals surface area contributed by atoms with Gasteiger partial charge in [0.1, 0.15) is 23.9 Å². The molecule has 1 aliphatic heterocycles. The number of ether oxygens (including phenoxy) is 3. The van der Waals surface area contributed by atoms with Gasteiger partial charge in [0.15, 0.2) is 0 Å². The minimum absolute atomic E-state index is 0.0939. The van der Waals surface area contributed by atoms with Crippen molar-refractivity contribution >= 4 is 17.7 Å². The molecule has 0 aliphatic carbocycles. The van der Waals surface area contributed by atoms with Crippen LogP contribution >= 0.6 is 0 Å². The third-order valence-corrected chi connectivity index (χ3v) is 3.84. The molecular weight excluding hydrogens is 306 g/mol. The van der Waals surface area contributed by atoms with E-state index in [4.69, 9.17) is 14.2 Å². The van der Waals surface area contributed by atoms with Crippen molar-refractivity contribution in [3.05, 3.63) is 54.1 Å². The van der Waals surface area contributed by atoms with Crippen LogP contribution < -0.4 is 19.1 Å². The third-order valence-electron chi connectivity index (χ3n) is 3.84. The van der Waals surface area contributed by atoms with Gasteiger partial charge in [-0.25, -0.2) is 0 Å². The Bertz CT molecular complexity index is 770. The number of fused-ring (bicyclic) bond motifs is 1. The van der Waals surface area contributed by atoms with E-state index in [9.17, 15) is 4.79 Å². The van der Waals surface area contributed by atoms with Crippen molar-refractivity contribution in [2.24, 2.45) is 0 Å². The number of amides is 1. The van der Waals surface area contributed by atoms with E-state index < -0.39 is 0 Å². The molecule has 0 radical (unpaired) electrons. The van der Waals surface area contributed by atoms with Gasteiger partial charge in [-0.3, -0.25) is 4.79 Å². The lowest BCUT2D eigenvalue weighted by atomic mass is 10.1. The van der Waals surface area contributed by atoms with Crippen LogP contribution in [0.15, 0.2) is 48.5 Å². The maximum Gasteiger partial charge on any atom is 0.251 e. The smallest absolute Gasteiger partial charge is 0.251 e.